The molecular formula is C20H19IN2O2. The first kappa shape index (κ1) is 19.0. The number of carbonyl (C=O) groups is 1. The lowest BCUT2D eigenvalue weighted by molar-refractivity contribution is -0.117. The van der Waals surface area contributed by atoms with E-state index in [2.05, 4.69) is 27.9 Å². The number of benzene rings is 2. The van der Waals surface area contributed by atoms with Gasteiger partial charge >= 0.3 is 0 Å². The lowest BCUT2D eigenvalue weighted by atomic mass is 10.1. The van der Waals surface area contributed by atoms with Crippen LogP contribution in [0, 0.1) is 14.9 Å². The van der Waals surface area contributed by atoms with Crippen LogP contribution < -0.4 is 10.1 Å². The number of rotatable bonds is 6. The Morgan fingerprint density at radius 3 is 2.56 bits per heavy atom. The van der Waals surface area contributed by atoms with Gasteiger partial charge in [0.2, 0.25) is 0 Å². The number of ether oxygens (including phenoxy) is 1. The van der Waals surface area contributed by atoms with Crippen LogP contribution in [-0.2, 0) is 11.4 Å². The Balaban J connectivity index is 2.19. The minimum atomic E-state index is -0.384. The second-order valence-electron chi connectivity index (χ2n) is 5.75. The Labute approximate surface area is 161 Å². The number of nitrogens with zero attached hydrogens (tertiary/aromatic N) is 1. The molecule has 0 fully saturated rings. The topological polar surface area (TPSA) is 62.1 Å². The maximum absolute atomic E-state index is 12.1. The predicted octanol–water partition coefficient (Wildman–Crippen LogP) is 4.30. The van der Waals surface area contributed by atoms with Crippen LogP contribution in [0.3, 0.4) is 0 Å². The number of hydrogen-bond donors (Lipinski definition) is 1. The molecule has 0 aromatic heterocycles. The third kappa shape index (κ3) is 5.91. The fraction of sp³-hybridized carbons (Fsp3) is 0.200. The van der Waals surface area contributed by atoms with E-state index in [1.165, 1.54) is 3.57 Å². The SMILES string of the molecule is CC(C)NC(=O)/C(C#N)=C\c1ccccc1OCc1ccc(I)cc1. The third-order valence-corrected chi connectivity index (χ3v) is 4.03. The Bertz CT molecular complexity index is 805. The van der Waals surface area contributed by atoms with Gasteiger partial charge < -0.3 is 10.1 Å². The highest BCUT2D eigenvalue weighted by Crippen LogP contribution is 2.22. The monoisotopic (exact) mass is 446 g/mol. The quantitative estimate of drug-likeness (QED) is 0.409. The Morgan fingerprint density at radius 2 is 1.92 bits per heavy atom. The van der Waals surface area contributed by atoms with Crippen molar-refractivity contribution in [2.24, 2.45) is 0 Å². The summed E-state index contributed by atoms with van der Waals surface area (Å²) in [5.41, 5.74) is 1.81. The van der Waals surface area contributed by atoms with Gasteiger partial charge in [-0.3, -0.25) is 4.79 Å². The first-order chi connectivity index (χ1) is 12.0. The number of carbonyl (C=O) groups excluding carboxylic acids is 1. The van der Waals surface area contributed by atoms with Crippen LogP contribution in [0.25, 0.3) is 6.08 Å². The summed E-state index contributed by atoms with van der Waals surface area (Å²) < 4.78 is 7.05. The summed E-state index contributed by atoms with van der Waals surface area (Å²) in [7, 11) is 0. The highest BCUT2D eigenvalue weighted by molar-refractivity contribution is 14.1. The molecule has 128 valence electrons. The lowest BCUT2D eigenvalue weighted by Crippen LogP contribution is -2.30. The Hall–Kier alpha value is -2.33. The molecule has 1 amide bonds. The largest absolute Gasteiger partial charge is 0.488 e. The molecule has 2 rings (SSSR count). The lowest BCUT2D eigenvalue weighted by Gasteiger charge is -2.11. The summed E-state index contributed by atoms with van der Waals surface area (Å²) >= 11 is 2.26. The van der Waals surface area contributed by atoms with Gasteiger partial charge in [-0.25, -0.2) is 0 Å². The van der Waals surface area contributed by atoms with Crippen LogP contribution in [0.1, 0.15) is 25.0 Å². The van der Waals surface area contributed by atoms with Gasteiger partial charge in [-0.15, -0.1) is 0 Å². The molecule has 0 aliphatic carbocycles. The average Bonchev–Trinajstić information content (AvgIpc) is 2.59. The summed E-state index contributed by atoms with van der Waals surface area (Å²) in [6.07, 6.45) is 1.56. The molecule has 0 atom stereocenters. The van der Waals surface area contributed by atoms with Crippen LogP contribution in [0.2, 0.25) is 0 Å². The molecule has 2 aromatic carbocycles. The van der Waals surface area contributed by atoms with E-state index in [0.29, 0.717) is 17.9 Å². The van der Waals surface area contributed by atoms with Crippen molar-refractivity contribution in [3.05, 3.63) is 68.8 Å². The maximum Gasteiger partial charge on any atom is 0.262 e. The van der Waals surface area contributed by atoms with Gasteiger partial charge in [0.1, 0.15) is 24.0 Å². The molecule has 0 saturated heterocycles. The van der Waals surface area contributed by atoms with Gasteiger partial charge in [-0.05, 0) is 66.3 Å². The summed E-state index contributed by atoms with van der Waals surface area (Å²) in [6.45, 7) is 4.12. The average molecular weight is 446 g/mol. The van der Waals surface area contributed by atoms with Gasteiger partial charge in [0.15, 0.2) is 0 Å². The van der Waals surface area contributed by atoms with Crippen molar-refractivity contribution in [1.82, 2.24) is 5.32 Å². The summed E-state index contributed by atoms with van der Waals surface area (Å²) in [5.74, 6) is 0.246. The molecule has 4 nitrogen and oxygen atoms in total. The molecule has 0 saturated carbocycles. The highest BCUT2D eigenvalue weighted by Gasteiger charge is 2.11. The van der Waals surface area contributed by atoms with Crippen molar-refractivity contribution < 1.29 is 9.53 Å². The fourth-order valence-electron chi connectivity index (χ4n) is 2.12. The minimum Gasteiger partial charge on any atom is -0.488 e. The van der Waals surface area contributed by atoms with E-state index < -0.39 is 0 Å². The third-order valence-electron chi connectivity index (χ3n) is 3.31. The molecule has 0 aliphatic rings. The molecule has 2 aromatic rings. The molecule has 0 bridgehead atoms. The molecular weight excluding hydrogens is 427 g/mol. The van der Waals surface area contributed by atoms with Crippen molar-refractivity contribution in [1.29, 1.82) is 5.26 Å². The summed E-state index contributed by atoms with van der Waals surface area (Å²) in [5, 5.41) is 12.0. The molecule has 0 aliphatic heterocycles. The van der Waals surface area contributed by atoms with Crippen molar-refractivity contribution in [2.45, 2.75) is 26.5 Å². The second-order valence-corrected chi connectivity index (χ2v) is 7.00. The molecule has 1 N–H and O–H groups in total. The standard InChI is InChI=1S/C20H19IN2O2/c1-14(2)23-20(24)17(12-22)11-16-5-3-4-6-19(16)25-13-15-7-9-18(21)10-8-15/h3-11,14H,13H2,1-2H3,(H,23,24)/b17-11-. The zero-order chi connectivity index (χ0) is 18.2. The van der Waals surface area contributed by atoms with Crippen molar-refractivity contribution in [3.63, 3.8) is 0 Å². The first-order valence-electron chi connectivity index (χ1n) is 7.88. The van der Waals surface area contributed by atoms with E-state index in [9.17, 15) is 10.1 Å². The number of halogens is 1. The number of amides is 1. The molecule has 25 heavy (non-hydrogen) atoms. The number of para-hydroxylation sites is 1. The van der Waals surface area contributed by atoms with E-state index in [-0.39, 0.29) is 17.5 Å². The van der Waals surface area contributed by atoms with E-state index in [1.807, 2.05) is 68.4 Å². The van der Waals surface area contributed by atoms with Crippen LogP contribution >= 0.6 is 22.6 Å². The van der Waals surface area contributed by atoms with E-state index in [4.69, 9.17) is 4.74 Å². The van der Waals surface area contributed by atoms with Crippen LogP contribution in [0.4, 0.5) is 0 Å². The number of nitrogens with one attached hydrogen (secondary N) is 1. The molecule has 0 unspecified atom stereocenters. The van der Waals surface area contributed by atoms with Gasteiger partial charge in [0.25, 0.3) is 5.91 Å². The minimum absolute atomic E-state index is 0.0309. The second kappa shape index (κ2) is 9.23. The van der Waals surface area contributed by atoms with Crippen LogP contribution in [0.5, 0.6) is 5.75 Å². The van der Waals surface area contributed by atoms with Gasteiger partial charge in [0, 0.05) is 15.2 Å². The van der Waals surface area contributed by atoms with E-state index in [1.54, 1.807) is 6.08 Å². The fourth-order valence-corrected chi connectivity index (χ4v) is 2.48. The zero-order valence-corrected chi connectivity index (χ0v) is 16.3. The van der Waals surface area contributed by atoms with Crippen LogP contribution in [0.15, 0.2) is 54.1 Å². The summed E-state index contributed by atoms with van der Waals surface area (Å²) in [6, 6.07) is 17.4. The molecule has 0 radical (unpaired) electrons. The Kier molecular flexibility index (Phi) is 7.02. The predicted molar refractivity (Wildman–Crippen MR) is 107 cm³/mol. The Morgan fingerprint density at radius 1 is 1.24 bits per heavy atom. The smallest absolute Gasteiger partial charge is 0.262 e. The van der Waals surface area contributed by atoms with Gasteiger partial charge in [0.05, 0.1) is 0 Å². The van der Waals surface area contributed by atoms with Crippen LogP contribution in [-0.4, -0.2) is 11.9 Å². The summed E-state index contributed by atoms with van der Waals surface area (Å²) in [4.78, 5) is 12.1. The van der Waals surface area contributed by atoms with Crippen molar-refractivity contribution in [2.75, 3.05) is 0 Å². The maximum atomic E-state index is 12.1. The normalized spacial score (nSPS) is 11.1. The first-order valence-corrected chi connectivity index (χ1v) is 8.96. The molecule has 0 heterocycles. The molecule has 0 spiro atoms. The van der Waals surface area contributed by atoms with Crippen molar-refractivity contribution in [3.8, 4) is 11.8 Å². The number of nitriles is 1. The van der Waals surface area contributed by atoms with E-state index >= 15 is 0 Å². The zero-order valence-electron chi connectivity index (χ0n) is 14.1. The molecule has 5 heteroatoms. The van der Waals surface area contributed by atoms with E-state index in [0.717, 1.165) is 5.56 Å². The number of hydrogen-bond acceptors (Lipinski definition) is 3. The van der Waals surface area contributed by atoms with Gasteiger partial charge in [-0.2, -0.15) is 5.26 Å². The highest BCUT2D eigenvalue weighted by atomic mass is 127. The van der Waals surface area contributed by atoms with Crippen molar-refractivity contribution >= 4 is 34.6 Å². The van der Waals surface area contributed by atoms with Gasteiger partial charge in [-0.1, -0.05) is 30.3 Å².